The topological polar surface area (TPSA) is 117 Å². The molecule has 0 bridgehead atoms. The lowest BCUT2D eigenvalue weighted by Crippen LogP contribution is -2.34. The zero-order chi connectivity index (χ0) is 20.7. The third-order valence-corrected chi connectivity index (χ3v) is 5.11. The summed E-state index contributed by atoms with van der Waals surface area (Å²) in [4.78, 5) is 22.4. The molecular formula is C18H17B2NO8. The second kappa shape index (κ2) is 7.60. The Balaban J connectivity index is 1.65. The molecule has 2 aromatic rings. The Labute approximate surface area is 167 Å². The maximum atomic E-state index is 11.7. The highest BCUT2D eigenvalue weighted by Crippen LogP contribution is 2.34. The number of aryl methyl sites for hydroxylation is 1. The Hall–Kier alpha value is -2.72. The van der Waals surface area contributed by atoms with Crippen molar-refractivity contribution in [2.24, 2.45) is 0 Å². The van der Waals surface area contributed by atoms with E-state index in [-0.39, 0.29) is 12.1 Å². The number of non-ortho nitro benzene ring substituents is 1. The largest absolute Gasteiger partial charge is 0.497 e. The summed E-state index contributed by atoms with van der Waals surface area (Å²) in [5.41, 5.74) is 3.06. The number of fused-ring (bicyclic) bond motifs is 2. The van der Waals surface area contributed by atoms with Crippen LogP contribution in [0.5, 0.6) is 0 Å². The zero-order valence-electron chi connectivity index (χ0n) is 15.7. The van der Waals surface area contributed by atoms with Crippen LogP contribution in [0.4, 0.5) is 5.69 Å². The summed E-state index contributed by atoms with van der Waals surface area (Å²) in [5, 5.41) is 21.4. The summed E-state index contributed by atoms with van der Waals surface area (Å²) in [6.45, 7) is 1.85. The first kappa shape index (κ1) is 19.6. The van der Waals surface area contributed by atoms with Crippen LogP contribution >= 0.6 is 0 Å². The molecule has 4 rings (SSSR count). The first-order valence-electron chi connectivity index (χ1n) is 8.98. The van der Waals surface area contributed by atoms with Crippen molar-refractivity contribution in [3.63, 3.8) is 0 Å². The lowest BCUT2D eigenvalue weighted by molar-refractivity contribution is -0.384. The number of nitro groups is 1. The fraction of sp³-hybridized carbons (Fsp3) is 0.278. The fourth-order valence-electron chi connectivity index (χ4n) is 3.69. The number of hydrogen-bond acceptors (Lipinski definition) is 8. The number of nitrogens with zero attached hydrogens (tertiary/aromatic N) is 1. The molecule has 11 heteroatoms. The minimum absolute atomic E-state index is 0.0645. The summed E-state index contributed by atoms with van der Waals surface area (Å²) in [6.07, 6.45) is -1.66. The summed E-state index contributed by atoms with van der Waals surface area (Å²) in [7, 11) is -0.883. The molecule has 2 aliphatic heterocycles. The molecule has 2 aliphatic rings. The van der Waals surface area contributed by atoms with Gasteiger partial charge in [0.1, 0.15) is 0 Å². The molecule has 0 radical (unpaired) electrons. The van der Waals surface area contributed by atoms with Crippen LogP contribution in [0.15, 0.2) is 36.4 Å². The summed E-state index contributed by atoms with van der Waals surface area (Å²) >= 11 is 0. The molecule has 148 valence electrons. The van der Waals surface area contributed by atoms with E-state index in [1.165, 1.54) is 19.2 Å². The Morgan fingerprint density at radius 3 is 2.79 bits per heavy atom. The van der Waals surface area contributed by atoms with Crippen molar-refractivity contribution in [3.05, 3.63) is 63.2 Å². The van der Waals surface area contributed by atoms with E-state index in [4.69, 9.17) is 18.7 Å². The van der Waals surface area contributed by atoms with Crippen molar-refractivity contribution in [1.82, 2.24) is 0 Å². The van der Waals surface area contributed by atoms with Gasteiger partial charge in [-0.1, -0.05) is 23.8 Å². The maximum absolute atomic E-state index is 11.7. The average molecular weight is 397 g/mol. The van der Waals surface area contributed by atoms with Gasteiger partial charge in [-0.15, -0.1) is 0 Å². The molecule has 0 fully saturated rings. The first-order valence-corrected chi connectivity index (χ1v) is 8.98. The number of carbonyl (C=O) groups excluding carboxylic acids is 1. The molecule has 2 heterocycles. The van der Waals surface area contributed by atoms with Gasteiger partial charge in [0, 0.05) is 17.7 Å². The molecule has 0 aromatic heterocycles. The van der Waals surface area contributed by atoms with Crippen molar-refractivity contribution in [2.45, 2.75) is 25.7 Å². The van der Waals surface area contributed by atoms with Gasteiger partial charge in [0.15, 0.2) is 6.29 Å². The van der Waals surface area contributed by atoms with Gasteiger partial charge < -0.3 is 23.7 Å². The van der Waals surface area contributed by atoms with E-state index in [1.54, 1.807) is 12.1 Å². The van der Waals surface area contributed by atoms with Gasteiger partial charge >= 0.3 is 20.2 Å². The van der Waals surface area contributed by atoms with E-state index in [0.29, 0.717) is 22.1 Å². The first-order chi connectivity index (χ1) is 13.9. The smallest absolute Gasteiger partial charge is 0.469 e. The lowest BCUT2D eigenvalue weighted by Gasteiger charge is -2.18. The number of benzene rings is 2. The minimum atomic E-state index is -1.15. The predicted molar refractivity (Wildman–Crippen MR) is 103 cm³/mol. The van der Waals surface area contributed by atoms with Gasteiger partial charge in [-0.05, 0) is 29.5 Å². The third-order valence-electron chi connectivity index (χ3n) is 5.11. The van der Waals surface area contributed by atoms with E-state index in [1.807, 2.05) is 19.1 Å². The van der Waals surface area contributed by atoms with Crippen molar-refractivity contribution in [2.75, 3.05) is 7.11 Å². The van der Waals surface area contributed by atoms with Crippen molar-refractivity contribution in [1.29, 1.82) is 0 Å². The molecule has 9 nitrogen and oxygen atoms in total. The summed E-state index contributed by atoms with van der Waals surface area (Å²) < 4.78 is 22.1. The van der Waals surface area contributed by atoms with Crippen LogP contribution in [0.25, 0.3) is 0 Å². The van der Waals surface area contributed by atoms with Gasteiger partial charge in [-0.3, -0.25) is 14.9 Å². The van der Waals surface area contributed by atoms with E-state index < -0.39 is 37.5 Å². The van der Waals surface area contributed by atoms with Crippen LogP contribution in [0.3, 0.4) is 0 Å². The number of esters is 1. The summed E-state index contributed by atoms with van der Waals surface area (Å²) in [5.74, 6) is -0.478. The molecule has 2 unspecified atom stereocenters. The molecule has 2 atom stereocenters. The third kappa shape index (κ3) is 3.53. The van der Waals surface area contributed by atoms with E-state index in [2.05, 4.69) is 0 Å². The number of hydrogen-bond donors (Lipinski definition) is 1. The van der Waals surface area contributed by atoms with E-state index in [0.717, 1.165) is 5.56 Å². The quantitative estimate of drug-likeness (QED) is 0.339. The van der Waals surface area contributed by atoms with Crippen LogP contribution in [0, 0.1) is 17.0 Å². The van der Waals surface area contributed by atoms with E-state index in [9.17, 15) is 19.9 Å². The highest BCUT2D eigenvalue weighted by Gasteiger charge is 2.45. The van der Waals surface area contributed by atoms with Crippen LogP contribution in [-0.4, -0.2) is 37.3 Å². The Kier molecular flexibility index (Phi) is 5.13. The number of rotatable bonds is 5. The highest BCUT2D eigenvalue weighted by molar-refractivity contribution is 6.64. The Morgan fingerprint density at radius 1 is 1.28 bits per heavy atom. The van der Waals surface area contributed by atoms with Gasteiger partial charge in [0.2, 0.25) is 0 Å². The predicted octanol–water partition coefficient (Wildman–Crippen LogP) is 0.666. The molecule has 0 aliphatic carbocycles. The molecule has 0 saturated heterocycles. The average Bonchev–Trinajstić information content (AvgIpc) is 3.20. The van der Waals surface area contributed by atoms with Gasteiger partial charge in [-0.2, -0.15) is 0 Å². The molecule has 2 aromatic carbocycles. The molecule has 0 saturated carbocycles. The number of carbonyl (C=O) groups is 1. The summed E-state index contributed by atoms with van der Waals surface area (Å²) in [6, 6.07) is 9.71. The van der Waals surface area contributed by atoms with Crippen LogP contribution < -0.4 is 10.9 Å². The number of nitro benzene ring substituents is 1. The van der Waals surface area contributed by atoms with Crippen molar-refractivity contribution >= 4 is 36.8 Å². The molecule has 0 amide bonds. The van der Waals surface area contributed by atoms with Crippen LogP contribution in [0.1, 0.15) is 35.5 Å². The van der Waals surface area contributed by atoms with Gasteiger partial charge in [0.25, 0.3) is 5.69 Å². The van der Waals surface area contributed by atoms with Crippen LogP contribution in [0.2, 0.25) is 0 Å². The van der Waals surface area contributed by atoms with E-state index >= 15 is 0 Å². The molecule has 29 heavy (non-hydrogen) atoms. The maximum Gasteiger partial charge on any atom is 0.497 e. The molecular weight excluding hydrogens is 380 g/mol. The fourth-order valence-corrected chi connectivity index (χ4v) is 3.69. The highest BCUT2D eigenvalue weighted by atomic mass is 16.7. The van der Waals surface area contributed by atoms with Gasteiger partial charge in [0.05, 0.1) is 24.6 Å². The standard InChI is InChI=1S/C18H17B2NO8/c1-10-4-3-5-13-17(10)19(23)28-18(13)29-20-14-8-11(21(24)25)6-7-12(14)15(27-20)9-16(22)26-2/h3-8,15,18,23H,9H2,1-2H3. The number of methoxy groups -OCH3 is 1. The molecule has 1 N–H and O–H groups in total. The Morgan fingerprint density at radius 2 is 2.07 bits per heavy atom. The Bertz CT molecular complexity index is 984. The SMILES string of the molecule is COC(=O)CC1OB(OC2OB(O)c3c(C)cccc32)c2cc([N+](=O)[O-])ccc21. The second-order valence-electron chi connectivity index (χ2n) is 6.84. The monoisotopic (exact) mass is 397 g/mol. The number of ether oxygens (including phenoxy) is 1. The normalized spacial score (nSPS) is 19.8. The van der Waals surface area contributed by atoms with Gasteiger partial charge in [-0.25, -0.2) is 0 Å². The van der Waals surface area contributed by atoms with Crippen LogP contribution in [-0.2, 0) is 23.5 Å². The van der Waals surface area contributed by atoms with Crippen molar-refractivity contribution < 1.29 is 33.4 Å². The van der Waals surface area contributed by atoms with Crippen molar-refractivity contribution in [3.8, 4) is 0 Å². The second-order valence-corrected chi connectivity index (χ2v) is 6.84. The lowest BCUT2D eigenvalue weighted by atomic mass is 9.76. The molecule has 0 spiro atoms. The minimum Gasteiger partial charge on any atom is -0.469 e. The zero-order valence-corrected chi connectivity index (χ0v) is 15.7.